The van der Waals surface area contributed by atoms with Crippen molar-refractivity contribution in [3.8, 4) is 5.75 Å². The summed E-state index contributed by atoms with van der Waals surface area (Å²) < 4.78 is 0. The molecule has 1 aromatic carbocycles. The number of hydrogen-bond acceptors (Lipinski definition) is 1. The van der Waals surface area contributed by atoms with Gasteiger partial charge in [0.25, 0.3) is 0 Å². The van der Waals surface area contributed by atoms with Crippen LogP contribution < -0.4 is 0 Å². The molecule has 0 aliphatic rings. The molecule has 0 aromatic heterocycles. The van der Waals surface area contributed by atoms with Gasteiger partial charge in [0.2, 0.25) is 0 Å². The largest absolute Gasteiger partial charge is 0.508 e. The molecule has 24 heavy (non-hydrogen) atoms. The van der Waals surface area contributed by atoms with Gasteiger partial charge in [-0.3, -0.25) is 0 Å². The van der Waals surface area contributed by atoms with Gasteiger partial charge in [-0.1, -0.05) is 97.1 Å². The number of aromatic hydroxyl groups is 1. The van der Waals surface area contributed by atoms with Gasteiger partial charge >= 0.3 is 0 Å². The lowest BCUT2D eigenvalue weighted by Gasteiger charge is -2.16. The van der Waals surface area contributed by atoms with E-state index >= 15 is 0 Å². The van der Waals surface area contributed by atoms with Gasteiger partial charge in [0.15, 0.2) is 0 Å². The Morgan fingerprint density at radius 3 is 2.17 bits per heavy atom. The first-order chi connectivity index (χ1) is 11.7. The van der Waals surface area contributed by atoms with E-state index in [1.54, 1.807) is 0 Å². The molecule has 1 rings (SSSR count). The van der Waals surface area contributed by atoms with Crippen molar-refractivity contribution in [1.82, 2.24) is 0 Å². The molecule has 1 N–H and O–H groups in total. The van der Waals surface area contributed by atoms with Gasteiger partial charge in [-0.05, 0) is 42.4 Å². The first-order valence-electron chi connectivity index (χ1n) is 10.5. The molecular weight excluding hydrogens is 292 g/mol. The first-order valence-corrected chi connectivity index (χ1v) is 10.5. The van der Waals surface area contributed by atoms with Crippen LogP contribution in [0.15, 0.2) is 18.2 Å². The Kier molecular flexibility index (Phi) is 11.7. The molecule has 0 fully saturated rings. The fourth-order valence-electron chi connectivity index (χ4n) is 3.50. The van der Waals surface area contributed by atoms with E-state index < -0.39 is 0 Å². The normalized spacial score (nSPS) is 12.5. The summed E-state index contributed by atoms with van der Waals surface area (Å²) in [4.78, 5) is 0. The van der Waals surface area contributed by atoms with Gasteiger partial charge in [0.1, 0.15) is 5.75 Å². The lowest BCUT2D eigenvalue weighted by atomic mass is 9.90. The fourth-order valence-corrected chi connectivity index (χ4v) is 3.50. The smallest absolute Gasteiger partial charge is 0.118 e. The molecule has 138 valence electrons. The van der Waals surface area contributed by atoms with Crippen LogP contribution in [0.2, 0.25) is 0 Å². The van der Waals surface area contributed by atoms with Gasteiger partial charge in [0.05, 0.1) is 0 Å². The monoisotopic (exact) mass is 332 g/mol. The Morgan fingerprint density at radius 2 is 1.50 bits per heavy atom. The standard InChI is InChI=1S/C23H40O/c1-4-7-9-10-11-12-13-15-21-16-17-23(24)22(19-21)18-20(6-3)14-8-5-2/h16-17,19-20,24H,4-15,18H2,1-3H3. The third-order valence-corrected chi connectivity index (χ3v) is 5.26. The van der Waals surface area contributed by atoms with Crippen molar-refractivity contribution >= 4 is 0 Å². The van der Waals surface area contributed by atoms with E-state index in [0.717, 1.165) is 12.8 Å². The van der Waals surface area contributed by atoms with Gasteiger partial charge in [-0.25, -0.2) is 0 Å². The molecule has 0 aliphatic heterocycles. The van der Waals surface area contributed by atoms with Gasteiger partial charge < -0.3 is 5.11 Å². The van der Waals surface area contributed by atoms with Crippen LogP contribution in [0, 0.1) is 5.92 Å². The van der Waals surface area contributed by atoms with Crippen LogP contribution in [0.1, 0.15) is 103 Å². The molecule has 1 aromatic rings. The SMILES string of the molecule is CCCCCCCCCc1ccc(O)c(CC(CC)CCCC)c1. The van der Waals surface area contributed by atoms with Gasteiger partial charge in [0, 0.05) is 0 Å². The Balaban J connectivity index is 2.41. The van der Waals surface area contributed by atoms with Crippen molar-refractivity contribution in [1.29, 1.82) is 0 Å². The van der Waals surface area contributed by atoms with Crippen LogP contribution in [-0.4, -0.2) is 5.11 Å². The Bertz CT molecular complexity index is 424. The zero-order valence-electron chi connectivity index (χ0n) is 16.4. The summed E-state index contributed by atoms with van der Waals surface area (Å²) in [6, 6.07) is 6.29. The summed E-state index contributed by atoms with van der Waals surface area (Å²) in [6.45, 7) is 6.81. The molecule has 0 bridgehead atoms. The van der Waals surface area contributed by atoms with Crippen molar-refractivity contribution in [2.24, 2.45) is 5.92 Å². The zero-order chi connectivity index (χ0) is 17.6. The van der Waals surface area contributed by atoms with Crippen molar-refractivity contribution in [2.45, 2.75) is 104 Å². The highest BCUT2D eigenvalue weighted by molar-refractivity contribution is 5.36. The van der Waals surface area contributed by atoms with Crippen molar-refractivity contribution < 1.29 is 5.11 Å². The van der Waals surface area contributed by atoms with E-state index in [1.807, 2.05) is 6.07 Å². The molecular formula is C23H40O. The maximum atomic E-state index is 10.2. The highest BCUT2D eigenvalue weighted by Crippen LogP contribution is 2.26. The highest BCUT2D eigenvalue weighted by atomic mass is 16.3. The minimum absolute atomic E-state index is 0.494. The summed E-state index contributed by atoms with van der Waals surface area (Å²) in [5.74, 6) is 1.21. The molecule has 0 saturated carbocycles. The molecule has 1 heteroatoms. The quantitative estimate of drug-likeness (QED) is 0.351. The summed E-state index contributed by atoms with van der Waals surface area (Å²) in [7, 11) is 0. The Morgan fingerprint density at radius 1 is 0.833 bits per heavy atom. The lowest BCUT2D eigenvalue weighted by Crippen LogP contribution is -2.04. The molecule has 0 spiro atoms. The van der Waals surface area contributed by atoms with Crippen molar-refractivity contribution in [2.75, 3.05) is 0 Å². The molecule has 0 heterocycles. The molecule has 1 atom stereocenters. The number of hydrogen-bond donors (Lipinski definition) is 1. The Labute approximate surface area is 150 Å². The van der Waals surface area contributed by atoms with E-state index in [4.69, 9.17) is 0 Å². The molecule has 1 unspecified atom stereocenters. The number of aryl methyl sites for hydroxylation is 1. The van der Waals surface area contributed by atoms with E-state index in [-0.39, 0.29) is 0 Å². The van der Waals surface area contributed by atoms with E-state index in [9.17, 15) is 5.11 Å². The average molecular weight is 333 g/mol. The summed E-state index contributed by atoms with van der Waals surface area (Å²) in [5, 5.41) is 10.2. The van der Waals surface area contributed by atoms with E-state index in [2.05, 4.69) is 32.9 Å². The second-order valence-electron chi connectivity index (χ2n) is 7.46. The number of benzene rings is 1. The van der Waals surface area contributed by atoms with Crippen LogP contribution >= 0.6 is 0 Å². The van der Waals surface area contributed by atoms with Crippen molar-refractivity contribution in [3.05, 3.63) is 29.3 Å². The van der Waals surface area contributed by atoms with E-state index in [0.29, 0.717) is 11.7 Å². The maximum absolute atomic E-state index is 10.2. The van der Waals surface area contributed by atoms with Gasteiger partial charge in [-0.2, -0.15) is 0 Å². The summed E-state index contributed by atoms with van der Waals surface area (Å²) in [6.07, 6.45) is 16.8. The number of unbranched alkanes of at least 4 members (excludes halogenated alkanes) is 7. The molecule has 1 nitrogen and oxygen atoms in total. The van der Waals surface area contributed by atoms with Crippen LogP contribution in [-0.2, 0) is 12.8 Å². The third kappa shape index (κ3) is 8.76. The van der Waals surface area contributed by atoms with E-state index in [1.165, 1.54) is 81.8 Å². The number of phenolic OH excluding ortho intramolecular Hbond substituents is 1. The molecule has 0 saturated heterocycles. The lowest BCUT2D eigenvalue weighted by molar-refractivity contribution is 0.426. The maximum Gasteiger partial charge on any atom is 0.118 e. The first kappa shape index (κ1) is 21.1. The summed E-state index contributed by atoms with van der Waals surface area (Å²) >= 11 is 0. The highest BCUT2D eigenvalue weighted by Gasteiger charge is 2.11. The van der Waals surface area contributed by atoms with Crippen LogP contribution in [0.25, 0.3) is 0 Å². The summed E-state index contributed by atoms with van der Waals surface area (Å²) in [5.41, 5.74) is 2.57. The second kappa shape index (κ2) is 13.3. The number of phenols is 1. The van der Waals surface area contributed by atoms with Gasteiger partial charge in [-0.15, -0.1) is 0 Å². The zero-order valence-corrected chi connectivity index (χ0v) is 16.4. The average Bonchev–Trinajstić information content (AvgIpc) is 2.60. The molecule has 0 amide bonds. The topological polar surface area (TPSA) is 20.2 Å². The number of rotatable bonds is 14. The van der Waals surface area contributed by atoms with Crippen LogP contribution in [0.5, 0.6) is 5.75 Å². The molecule has 0 aliphatic carbocycles. The van der Waals surface area contributed by atoms with Crippen LogP contribution in [0.3, 0.4) is 0 Å². The predicted octanol–water partition coefficient (Wildman–Crippen LogP) is 7.44. The minimum Gasteiger partial charge on any atom is -0.508 e. The fraction of sp³-hybridized carbons (Fsp3) is 0.739. The second-order valence-corrected chi connectivity index (χ2v) is 7.46. The third-order valence-electron chi connectivity index (χ3n) is 5.26. The Hall–Kier alpha value is -0.980. The molecule has 0 radical (unpaired) electrons. The van der Waals surface area contributed by atoms with Crippen LogP contribution in [0.4, 0.5) is 0 Å². The predicted molar refractivity (Wildman–Crippen MR) is 107 cm³/mol. The minimum atomic E-state index is 0.494. The van der Waals surface area contributed by atoms with Crippen molar-refractivity contribution in [3.63, 3.8) is 0 Å².